The van der Waals surface area contributed by atoms with Gasteiger partial charge in [0, 0.05) is 12.4 Å². The van der Waals surface area contributed by atoms with Gasteiger partial charge in [-0.05, 0) is 41.0 Å². The SMILES string of the molecule is O=C(O)c1nccnc1C(=O)Nc1c(F)cc(-c2cccc(OCc3ccccc3)c2)cc1F. The molecule has 0 aliphatic carbocycles. The van der Waals surface area contributed by atoms with E-state index >= 15 is 0 Å². The minimum atomic E-state index is -1.50. The number of carboxylic acids is 1. The molecule has 0 unspecified atom stereocenters. The Morgan fingerprint density at radius 2 is 1.53 bits per heavy atom. The number of ether oxygens (including phenoxy) is 1. The molecule has 0 aliphatic heterocycles. The Morgan fingerprint density at radius 1 is 0.853 bits per heavy atom. The number of nitrogens with one attached hydrogen (secondary N) is 1. The van der Waals surface area contributed by atoms with E-state index < -0.39 is 40.6 Å². The van der Waals surface area contributed by atoms with Gasteiger partial charge in [0.05, 0.1) is 0 Å². The van der Waals surface area contributed by atoms with Gasteiger partial charge < -0.3 is 15.2 Å². The first kappa shape index (κ1) is 22.5. The number of hydrogen-bond acceptors (Lipinski definition) is 5. The molecule has 170 valence electrons. The summed E-state index contributed by atoms with van der Waals surface area (Å²) in [7, 11) is 0. The number of carbonyl (C=O) groups excluding carboxylic acids is 1. The van der Waals surface area contributed by atoms with E-state index in [1.165, 1.54) is 0 Å². The van der Waals surface area contributed by atoms with Gasteiger partial charge >= 0.3 is 5.97 Å². The quantitative estimate of drug-likeness (QED) is 0.404. The summed E-state index contributed by atoms with van der Waals surface area (Å²) in [5.74, 6) is -4.17. The van der Waals surface area contributed by atoms with Crippen molar-refractivity contribution in [2.75, 3.05) is 5.32 Å². The van der Waals surface area contributed by atoms with Crippen molar-refractivity contribution in [1.29, 1.82) is 0 Å². The van der Waals surface area contributed by atoms with Crippen LogP contribution in [-0.2, 0) is 6.61 Å². The number of aromatic nitrogens is 2. The van der Waals surface area contributed by atoms with Crippen molar-refractivity contribution in [3.8, 4) is 16.9 Å². The number of hydrogen-bond donors (Lipinski definition) is 2. The van der Waals surface area contributed by atoms with Crippen molar-refractivity contribution in [2.24, 2.45) is 0 Å². The van der Waals surface area contributed by atoms with E-state index in [1.54, 1.807) is 24.3 Å². The van der Waals surface area contributed by atoms with Gasteiger partial charge in [-0.25, -0.2) is 23.5 Å². The van der Waals surface area contributed by atoms with Crippen molar-refractivity contribution in [2.45, 2.75) is 6.61 Å². The third-order valence-corrected chi connectivity index (χ3v) is 4.81. The molecule has 1 aromatic heterocycles. The molecule has 0 fully saturated rings. The first-order valence-corrected chi connectivity index (χ1v) is 10.0. The summed E-state index contributed by atoms with van der Waals surface area (Å²) in [6, 6.07) is 18.4. The van der Waals surface area contributed by atoms with E-state index in [1.807, 2.05) is 35.6 Å². The molecule has 0 radical (unpaired) electrons. The van der Waals surface area contributed by atoms with Crippen molar-refractivity contribution >= 4 is 17.6 Å². The van der Waals surface area contributed by atoms with Crippen LogP contribution in [0.15, 0.2) is 79.1 Å². The normalized spacial score (nSPS) is 10.5. The van der Waals surface area contributed by atoms with Gasteiger partial charge in [0.15, 0.2) is 11.4 Å². The third-order valence-electron chi connectivity index (χ3n) is 4.81. The fourth-order valence-electron chi connectivity index (χ4n) is 3.20. The van der Waals surface area contributed by atoms with Crippen molar-refractivity contribution in [3.63, 3.8) is 0 Å². The van der Waals surface area contributed by atoms with E-state index in [0.29, 0.717) is 17.9 Å². The molecule has 0 saturated carbocycles. The number of anilines is 1. The largest absolute Gasteiger partial charge is 0.489 e. The number of carbonyl (C=O) groups is 2. The molecule has 7 nitrogen and oxygen atoms in total. The Kier molecular flexibility index (Phi) is 6.54. The van der Waals surface area contributed by atoms with Crippen LogP contribution < -0.4 is 10.1 Å². The smallest absolute Gasteiger partial charge is 0.356 e. The van der Waals surface area contributed by atoms with Crippen molar-refractivity contribution in [1.82, 2.24) is 9.97 Å². The second-order valence-electron chi connectivity index (χ2n) is 7.13. The summed E-state index contributed by atoms with van der Waals surface area (Å²) in [6.07, 6.45) is 2.19. The molecule has 0 atom stereocenters. The third kappa shape index (κ3) is 5.04. The maximum Gasteiger partial charge on any atom is 0.356 e. The first-order chi connectivity index (χ1) is 16.4. The second-order valence-corrected chi connectivity index (χ2v) is 7.13. The maximum absolute atomic E-state index is 14.8. The predicted octanol–water partition coefficient (Wildman–Crippen LogP) is 4.95. The maximum atomic E-state index is 14.8. The first-order valence-electron chi connectivity index (χ1n) is 10.0. The number of benzene rings is 3. The molecule has 0 spiro atoms. The number of nitrogens with zero attached hydrogens (tertiary/aromatic N) is 2. The Labute approximate surface area is 192 Å². The molecule has 3 aromatic carbocycles. The fraction of sp³-hybridized carbons (Fsp3) is 0.0400. The minimum absolute atomic E-state index is 0.226. The van der Waals surface area contributed by atoms with E-state index in [2.05, 4.69) is 9.97 Å². The molecule has 34 heavy (non-hydrogen) atoms. The summed E-state index contributed by atoms with van der Waals surface area (Å²) in [5.41, 5.74) is -0.232. The number of rotatable bonds is 7. The van der Waals surface area contributed by atoms with Crippen LogP contribution in [0.5, 0.6) is 5.75 Å². The molecule has 4 aromatic rings. The molecule has 2 N–H and O–H groups in total. The average Bonchev–Trinajstić information content (AvgIpc) is 2.85. The zero-order valence-electron chi connectivity index (χ0n) is 17.5. The zero-order valence-corrected chi connectivity index (χ0v) is 17.5. The van der Waals surface area contributed by atoms with E-state index in [0.717, 1.165) is 30.1 Å². The van der Waals surface area contributed by atoms with Gasteiger partial charge in [0.25, 0.3) is 5.91 Å². The summed E-state index contributed by atoms with van der Waals surface area (Å²) in [6.45, 7) is 0.332. The molecular formula is C25H17F2N3O4. The number of aromatic carboxylic acids is 1. The topological polar surface area (TPSA) is 101 Å². The molecule has 1 heterocycles. The van der Waals surface area contributed by atoms with Gasteiger partial charge in [-0.15, -0.1) is 0 Å². The lowest BCUT2D eigenvalue weighted by molar-refractivity contribution is 0.0685. The number of carboxylic acid groups (broad SMARTS) is 1. The van der Waals surface area contributed by atoms with E-state index in [9.17, 15) is 18.4 Å². The highest BCUT2D eigenvalue weighted by molar-refractivity contribution is 6.08. The molecular weight excluding hydrogens is 444 g/mol. The zero-order chi connectivity index (χ0) is 24.1. The fourth-order valence-corrected chi connectivity index (χ4v) is 3.20. The molecule has 0 bridgehead atoms. The molecule has 4 rings (SSSR count). The van der Waals surface area contributed by atoms with Crippen LogP contribution in [-0.4, -0.2) is 27.0 Å². The van der Waals surface area contributed by atoms with Crippen LogP contribution in [0.1, 0.15) is 26.5 Å². The van der Waals surface area contributed by atoms with Gasteiger partial charge in [-0.2, -0.15) is 0 Å². The Balaban J connectivity index is 1.55. The van der Waals surface area contributed by atoms with Gasteiger partial charge in [0.1, 0.15) is 29.7 Å². The standard InChI is InChI=1S/C25H17F2N3O4/c26-19-12-17(16-7-4-8-18(11-16)34-14-15-5-2-1-3-6-15)13-20(27)21(19)30-24(31)22-23(25(32)33)29-10-9-28-22/h1-13H,14H2,(H,30,31)(H,32,33). The van der Waals surface area contributed by atoms with Crippen LogP contribution in [0.4, 0.5) is 14.5 Å². The summed E-state index contributed by atoms with van der Waals surface area (Å²) in [4.78, 5) is 30.8. The Hall–Kier alpha value is -4.66. The lowest BCUT2D eigenvalue weighted by atomic mass is 10.0. The lowest BCUT2D eigenvalue weighted by Crippen LogP contribution is -2.20. The van der Waals surface area contributed by atoms with E-state index in [-0.39, 0.29) is 5.56 Å². The van der Waals surface area contributed by atoms with Crippen LogP contribution in [0, 0.1) is 11.6 Å². The van der Waals surface area contributed by atoms with Gasteiger partial charge in [0.2, 0.25) is 0 Å². The monoisotopic (exact) mass is 461 g/mol. The van der Waals surface area contributed by atoms with Gasteiger partial charge in [-0.3, -0.25) is 4.79 Å². The average molecular weight is 461 g/mol. The van der Waals surface area contributed by atoms with Crippen LogP contribution in [0.3, 0.4) is 0 Å². The van der Waals surface area contributed by atoms with Crippen molar-refractivity contribution < 1.29 is 28.2 Å². The van der Waals surface area contributed by atoms with Crippen LogP contribution in [0.25, 0.3) is 11.1 Å². The highest BCUT2D eigenvalue weighted by Crippen LogP contribution is 2.30. The predicted molar refractivity (Wildman–Crippen MR) is 120 cm³/mol. The molecule has 0 saturated heterocycles. The molecule has 1 amide bonds. The summed E-state index contributed by atoms with van der Waals surface area (Å²) >= 11 is 0. The summed E-state index contributed by atoms with van der Waals surface area (Å²) < 4.78 is 35.3. The highest BCUT2D eigenvalue weighted by atomic mass is 19.1. The van der Waals surface area contributed by atoms with Crippen LogP contribution >= 0.6 is 0 Å². The number of halogens is 2. The summed E-state index contributed by atoms with van der Waals surface area (Å²) in [5, 5.41) is 11.2. The lowest BCUT2D eigenvalue weighted by Gasteiger charge is -2.12. The molecule has 9 heteroatoms. The van der Waals surface area contributed by atoms with E-state index in [4.69, 9.17) is 9.84 Å². The Bertz CT molecular complexity index is 1340. The number of amides is 1. The Morgan fingerprint density at radius 3 is 2.21 bits per heavy atom. The van der Waals surface area contributed by atoms with Gasteiger partial charge in [-0.1, -0.05) is 42.5 Å². The highest BCUT2D eigenvalue weighted by Gasteiger charge is 2.22. The second kappa shape index (κ2) is 9.86. The molecule has 0 aliphatic rings. The minimum Gasteiger partial charge on any atom is -0.489 e. The van der Waals surface area contributed by atoms with Crippen molar-refractivity contribution in [3.05, 3.63) is 108 Å². The van der Waals surface area contributed by atoms with Crippen LogP contribution in [0.2, 0.25) is 0 Å².